The molecule has 0 unspecified atom stereocenters. The number of rotatable bonds is 4. The second-order valence-corrected chi connectivity index (χ2v) is 6.31. The minimum absolute atomic E-state index is 0.0599. The van der Waals surface area contributed by atoms with Crippen LogP contribution in [-0.4, -0.2) is 22.1 Å². The monoisotopic (exact) mass is 361 g/mol. The second-order valence-electron chi connectivity index (χ2n) is 5.15. The molecule has 4 nitrogen and oxygen atoms in total. The lowest BCUT2D eigenvalue weighted by atomic mass is 9.87. The molecule has 0 atom stereocenters. The SMILES string of the molecule is CC1CCC(NCCn2cncc(I)c2=O)CC1. The first-order valence-electron chi connectivity index (χ1n) is 6.60. The van der Waals surface area contributed by atoms with Crippen LogP contribution in [0.25, 0.3) is 0 Å². The van der Waals surface area contributed by atoms with Crippen molar-refractivity contribution in [2.75, 3.05) is 6.54 Å². The molecule has 1 heterocycles. The highest BCUT2D eigenvalue weighted by atomic mass is 127. The van der Waals surface area contributed by atoms with Crippen molar-refractivity contribution in [2.24, 2.45) is 5.92 Å². The molecular weight excluding hydrogens is 341 g/mol. The lowest BCUT2D eigenvalue weighted by molar-refractivity contribution is 0.305. The predicted octanol–water partition coefficient (Wildman–Crippen LogP) is 2.02. The summed E-state index contributed by atoms with van der Waals surface area (Å²) >= 11 is 2.03. The number of nitrogens with zero attached hydrogens (tertiary/aromatic N) is 2. The summed E-state index contributed by atoms with van der Waals surface area (Å²) in [6.45, 7) is 3.88. The molecule has 0 saturated heterocycles. The van der Waals surface area contributed by atoms with Crippen LogP contribution in [0.4, 0.5) is 0 Å². The predicted molar refractivity (Wildman–Crippen MR) is 80.6 cm³/mol. The number of nitrogens with one attached hydrogen (secondary N) is 1. The molecule has 1 aliphatic carbocycles. The van der Waals surface area contributed by atoms with Gasteiger partial charge in [0.2, 0.25) is 0 Å². The summed E-state index contributed by atoms with van der Waals surface area (Å²) in [6.07, 6.45) is 8.40. The van der Waals surface area contributed by atoms with Crippen LogP contribution in [0.2, 0.25) is 0 Å². The zero-order valence-corrected chi connectivity index (χ0v) is 12.9. The van der Waals surface area contributed by atoms with Gasteiger partial charge in [-0.25, -0.2) is 4.98 Å². The summed E-state index contributed by atoms with van der Waals surface area (Å²) in [5.41, 5.74) is 0.0599. The van der Waals surface area contributed by atoms with Crippen LogP contribution in [0.1, 0.15) is 32.6 Å². The Bertz CT molecular complexity index is 438. The van der Waals surface area contributed by atoms with Crippen LogP contribution in [0, 0.1) is 9.49 Å². The van der Waals surface area contributed by atoms with Gasteiger partial charge in [0, 0.05) is 25.3 Å². The van der Waals surface area contributed by atoms with Gasteiger partial charge >= 0.3 is 0 Å². The molecule has 100 valence electrons. The molecule has 1 aromatic rings. The molecule has 0 aliphatic heterocycles. The third kappa shape index (κ3) is 3.78. The summed E-state index contributed by atoms with van der Waals surface area (Å²) in [5.74, 6) is 0.880. The fourth-order valence-electron chi connectivity index (χ4n) is 2.44. The Hall–Kier alpha value is -0.430. The van der Waals surface area contributed by atoms with Gasteiger partial charge in [-0.1, -0.05) is 6.92 Å². The lowest BCUT2D eigenvalue weighted by Gasteiger charge is -2.27. The van der Waals surface area contributed by atoms with Crippen molar-refractivity contribution in [3.05, 3.63) is 26.4 Å². The Balaban J connectivity index is 1.78. The molecule has 1 fully saturated rings. The zero-order valence-electron chi connectivity index (χ0n) is 10.7. The van der Waals surface area contributed by atoms with Gasteiger partial charge in [0.05, 0.1) is 9.90 Å². The maximum Gasteiger partial charge on any atom is 0.266 e. The molecule has 0 spiro atoms. The molecule has 2 rings (SSSR count). The molecular formula is C13H20IN3O. The Morgan fingerprint density at radius 1 is 1.44 bits per heavy atom. The van der Waals surface area contributed by atoms with Crippen LogP contribution in [0.15, 0.2) is 17.3 Å². The summed E-state index contributed by atoms with van der Waals surface area (Å²) in [7, 11) is 0. The molecule has 0 aromatic carbocycles. The first kappa shape index (κ1) is 14.0. The van der Waals surface area contributed by atoms with E-state index >= 15 is 0 Å². The van der Waals surface area contributed by atoms with E-state index in [1.54, 1.807) is 17.1 Å². The molecule has 1 aromatic heterocycles. The Labute approximate surface area is 121 Å². The van der Waals surface area contributed by atoms with E-state index in [9.17, 15) is 4.79 Å². The van der Waals surface area contributed by atoms with Gasteiger partial charge in [-0.2, -0.15) is 0 Å². The van der Waals surface area contributed by atoms with Crippen molar-refractivity contribution in [3.8, 4) is 0 Å². The fourth-order valence-corrected chi connectivity index (χ4v) is 2.91. The van der Waals surface area contributed by atoms with Gasteiger partial charge < -0.3 is 5.32 Å². The lowest BCUT2D eigenvalue weighted by Crippen LogP contribution is -2.36. The summed E-state index contributed by atoms with van der Waals surface area (Å²) < 4.78 is 2.36. The summed E-state index contributed by atoms with van der Waals surface area (Å²) in [5, 5.41) is 3.55. The topological polar surface area (TPSA) is 46.9 Å². The minimum atomic E-state index is 0.0599. The fraction of sp³-hybridized carbons (Fsp3) is 0.692. The van der Waals surface area contributed by atoms with Gasteiger partial charge in [0.15, 0.2) is 0 Å². The quantitative estimate of drug-likeness (QED) is 0.835. The van der Waals surface area contributed by atoms with E-state index in [1.807, 2.05) is 22.6 Å². The zero-order chi connectivity index (χ0) is 13.0. The number of hydrogen-bond donors (Lipinski definition) is 1. The van der Waals surface area contributed by atoms with E-state index in [-0.39, 0.29) is 5.56 Å². The smallest absolute Gasteiger partial charge is 0.266 e. The van der Waals surface area contributed by atoms with Crippen molar-refractivity contribution >= 4 is 22.6 Å². The van der Waals surface area contributed by atoms with E-state index in [0.717, 1.165) is 12.5 Å². The summed E-state index contributed by atoms with van der Waals surface area (Å²) in [6, 6.07) is 0.632. The maximum absolute atomic E-state index is 11.8. The molecule has 5 heteroatoms. The van der Waals surface area contributed by atoms with E-state index < -0.39 is 0 Å². The van der Waals surface area contributed by atoms with Crippen LogP contribution in [-0.2, 0) is 6.54 Å². The molecule has 0 radical (unpaired) electrons. The van der Waals surface area contributed by atoms with Gasteiger partial charge in [-0.05, 0) is 54.2 Å². The van der Waals surface area contributed by atoms with Crippen molar-refractivity contribution in [1.29, 1.82) is 0 Å². The third-order valence-corrected chi connectivity index (χ3v) is 4.40. The average Bonchev–Trinajstić information content (AvgIpc) is 2.37. The number of aromatic nitrogens is 2. The minimum Gasteiger partial charge on any atom is -0.312 e. The van der Waals surface area contributed by atoms with E-state index in [0.29, 0.717) is 16.2 Å². The third-order valence-electron chi connectivity index (χ3n) is 3.66. The largest absolute Gasteiger partial charge is 0.312 e. The second kappa shape index (κ2) is 6.65. The van der Waals surface area contributed by atoms with E-state index in [1.165, 1.54) is 25.7 Å². The van der Waals surface area contributed by atoms with Crippen molar-refractivity contribution in [3.63, 3.8) is 0 Å². The first-order chi connectivity index (χ1) is 8.66. The maximum atomic E-state index is 11.8. The van der Waals surface area contributed by atoms with Crippen LogP contribution >= 0.6 is 22.6 Å². The van der Waals surface area contributed by atoms with Crippen molar-refractivity contribution in [2.45, 2.75) is 45.2 Å². The Kier molecular flexibility index (Phi) is 5.17. The molecule has 0 bridgehead atoms. The highest BCUT2D eigenvalue weighted by Crippen LogP contribution is 2.23. The average molecular weight is 361 g/mol. The van der Waals surface area contributed by atoms with Gasteiger partial charge in [-0.15, -0.1) is 0 Å². The van der Waals surface area contributed by atoms with Gasteiger partial charge in [0.1, 0.15) is 0 Å². The molecule has 18 heavy (non-hydrogen) atoms. The van der Waals surface area contributed by atoms with Gasteiger partial charge in [-0.3, -0.25) is 9.36 Å². The van der Waals surface area contributed by atoms with Crippen LogP contribution in [0.3, 0.4) is 0 Å². The standard InChI is InChI=1S/C13H20IN3O/c1-10-2-4-11(5-3-10)16-6-7-17-9-15-8-12(14)13(17)18/h8-11,16H,2-7H2,1H3. The van der Waals surface area contributed by atoms with Crippen LogP contribution in [0.5, 0.6) is 0 Å². The summed E-state index contributed by atoms with van der Waals surface area (Å²) in [4.78, 5) is 15.8. The van der Waals surface area contributed by atoms with E-state index in [2.05, 4.69) is 17.2 Å². The molecule has 1 N–H and O–H groups in total. The van der Waals surface area contributed by atoms with Crippen molar-refractivity contribution in [1.82, 2.24) is 14.9 Å². The molecule has 1 saturated carbocycles. The Morgan fingerprint density at radius 2 is 2.17 bits per heavy atom. The van der Waals surface area contributed by atoms with Crippen molar-refractivity contribution < 1.29 is 0 Å². The first-order valence-corrected chi connectivity index (χ1v) is 7.68. The molecule has 1 aliphatic rings. The van der Waals surface area contributed by atoms with E-state index in [4.69, 9.17) is 0 Å². The van der Waals surface area contributed by atoms with Gasteiger partial charge in [0.25, 0.3) is 5.56 Å². The number of halogens is 1. The highest BCUT2D eigenvalue weighted by Gasteiger charge is 2.17. The highest BCUT2D eigenvalue weighted by molar-refractivity contribution is 14.1. The number of hydrogen-bond acceptors (Lipinski definition) is 3. The Morgan fingerprint density at radius 3 is 2.89 bits per heavy atom. The normalized spacial score (nSPS) is 24.1. The van der Waals surface area contributed by atoms with Crippen LogP contribution < -0.4 is 10.9 Å². The molecule has 0 amide bonds.